The third-order valence-electron chi connectivity index (χ3n) is 5.00. The largest absolute Gasteiger partial charge is 0.341 e. The summed E-state index contributed by atoms with van der Waals surface area (Å²) < 4.78 is 27.2. The molecule has 1 aromatic rings. The van der Waals surface area contributed by atoms with Crippen LogP contribution in [0.2, 0.25) is 5.02 Å². The Morgan fingerprint density at radius 3 is 2.50 bits per heavy atom. The van der Waals surface area contributed by atoms with Crippen LogP contribution < -0.4 is 0 Å². The molecule has 2 aliphatic rings. The van der Waals surface area contributed by atoms with Crippen molar-refractivity contribution in [3.8, 4) is 0 Å². The minimum absolute atomic E-state index is 0.157. The van der Waals surface area contributed by atoms with Gasteiger partial charge in [-0.3, -0.25) is 4.79 Å². The van der Waals surface area contributed by atoms with E-state index < -0.39 is 10.0 Å². The zero-order valence-electron chi connectivity index (χ0n) is 13.9. The highest BCUT2D eigenvalue weighted by atomic mass is 35.5. The molecule has 2 fully saturated rings. The number of nitrogens with zero attached hydrogens (tertiary/aromatic N) is 2. The van der Waals surface area contributed by atoms with E-state index in [9.17, 15) is 13.2 Å². The van der Waals surface area contributed by atoms with Gasteiger partial charge in [0.05, 0.1) is 4.90 Å². The number of carbonyl (C=O) groups is 1. The van der Waals surface area contributed by atoms with E-state index in [2.05, 4.69) is 0 Å². The molecule has 3 rings (SSSR count). The van der Waals surface area contributed by atoms with Gasteiger partial charge < -0.3 is 4.90 Å². The van der Waals surface area contributed by atoms with E-state index in [-0.39, 0.29) is 16.7 Å². The number of rotatable bonds is 3. The van der Waals surface area contributed by atoms with Gasteiger partial charge >= 0.3 is 0 Å². The molecule has 1 saturated carbocycles. The van der Waals surface area contributed by atoms with Gasteiger partial charge in [0, 0.05) is 37.1 Å². The normalized spacial score (nSPS) is 20.5. The molecule has 132 valence electrons. The quantitative estimate of drug-likeness (QED) is 0.821. The van der Waals surface area contributed by atoms with Crippen molar-refractivity contribution in [2.45, 2.75) is 37.5 Å². The van der Waals surface area contributed by atoms with Crippen LogP contribution in [0.4, 0.5) is 0 Å². The second-order valence-corrected chi connectivity index (χ2v) is 8.97. The van der Waals surface area contributed by atoms with Crippen LogP contribution in [0.25, 0.3) is 0 Å². The van der Waals surface area contributed by atoms with E-state index in [1.54, 1.807) is 12.1 Å². The number of aryl methyl sites for hydroxylation is 1. The van der Waals surface area contributed by atoms with Crippen LogP contribution in [0, 0.1) is 12.8 Å². The van der Waals surface area contributed by atoms with E-state index in [1.807, 2.05) is 11.8 Å². The highest BCUT2D eigenvalue weighted by molar-refractivity contribution is 7.89. The number of halogens is 1. The van der Waals surface area contributed by atoms with Gasteiger partial charge in [0.1, 0.15) is 0 Å². The molecular formula is C17H23ClN2O3S. The van der Waals surface area contributed by atoms with Gasteiger partial charge in [0.25, 0.3) is 0 Å². The van der Waals surface area contributed by atoms with Gasteiger partial charge in [0.2, 0.25) is 15.9 Å². The summed E-state index contributed by atoms with van der Waals surface area (Å²) in [4.78, 5) is 14.4. The van der Waals surface area contributed by atoms with Crippen LogP contribution in [0.5, 0.6) is 0 Å². The molecule has 24 heavy (non-hydrogen) atoms. The Morgan fingerprint density at radius 2 is 1.88 bits per heavy atom. The number of sulfonamides is 1. The van der Waals surface area contributed by atoms with Crippen molar-refractivity contribution in [3.63, 3.8) is 0 Å². The van der Waals surface area contributed by atoms with E-state index in [1.165, 1.54) is 10.4 Å². The Labute approximate surface area is 148 Å². The van der Waals surface area contributed by atoms with Crippen molar-refractivity contribution < 1.29 is 13.2 Å². The molecule has 1 saturated heterocycles. The average molecular weight is 371 g/mol. The van der Waals surface area contributed by atoms with Crippen molar-refractivity contribution >= 4 is 27.5 Å². The molecule has 0 atom stereocenters. The fourth-order valence-corrected chi connectivity index (χ4v) is 4.89. The Kier molecular flexibility index (Phi) is 5.18. The molecule has 0 radical (unpaired) electrons. The lowest BCUT2D eigenvalue weighted by Crippen LogP contribution is -2.41. The van der Waals surface area contributed by atoms with Gasteiger partial charge in [0.15, 0.2) is 0 Å². The monoisotopic (exact) mass is 370 g/mol. The summed E-state index contributed by atoms with van der Waals surface area (Å²) in [5, 5.41) is 0.452. The van der Waals surface area contributed by atoms with Crippen molar-refractivity contribution in [3.05, 3.63) is 28.8 Å². The summed E-state index contributed by atoms with van der Waals surface area (Å²) in [6, 6.07) is 4.83. The molecule has 1 aromatic carbocycles. The van der Waals surface area contributed by atoms with Gasteiger partial charge in [-0.25, -0.2) is 8.42 Å². The summed E-state index contributed by atoms with van der Waals surface area (Å²) in [5.41, 5.74) is 0.851. The number of hydrogen-bond donors (Lipinski definition) is 0. The molecule has 1 aliphatic heterocycles. The van der Waals surface area contributed by atoms with Gasteiger partial charge in [-0.15, -0.1) is 0 Å². The fourth-order valence-electron chi connectivity index (χ4n) is 3.15. The van der Waals surface area contributed by atoms with Crippen LogP contribution in [0.3, 0.4) is 0 Å². The Balaban J connectivity index is 1.72. The minimum atomic E-state index is -3.57. The van der Waals surface area contributed by atoms with Gasteiger partial charge in [-0.05, 0) is 43.9 Å². The lowest BCUT2D eigenvalue weighted by molar-refractivity contribution is -0.138. The zero-order chi connectivity index (χ0) is 17.3. The van der Waals surface area contributed by atoms with Crippen LogP contribution in [0.15, 0.2) is 23.1 Å². The zero-order valence-corrected chi connectivity index (χ0v) is 15.4. The lowest BCUT2D eigenvalue weighted by atomic mass is 9.84. The van der Waals surface area contributed by atoms with E-state index in [0.29, 0.717) is 37.6 Å². The van der Waals surface area contributed by atoms with Crippen molar-refractivity contribution in [2.24, 2.45) is 5.92 Å². The molecule has 1 aliphatic carbocycles. The smallest absolute Gasteiger partial charge is 0.243 e. The standard InChI is InChI=1S/C17H23ClN2O3S/c1-13-6-7-15(12-16(13)18)24(22,23)20-9-3-8-19(10-11-20)17(21)14-4-2-5-14/h6-7,12,14H,2-5,8-11H2,1H3. The predicted octanol–water partition coefficient (Wildman–Crippen LogP) is 2.67. The van der Waals surface area contributed by atoms with Crippen LogP contribution in [-0.4, -0.2) is 49.7 Å². The molecular weight excluding hydrogens is 348 g/mol. The third kappa shape index (κ3) is 3.46. The third-order valence-corrected chi connectivity index (χ3v) is 7.30. The first-order valence-electron chi connectivity index (χ1n) is 8.44. The lowest BCUT2D eigenvalue weighted by Gasteiger charge is -2.31. The molecule has 0 unspecified atom stereocenters. The predicted molar refractivity (Wildman–Crippen MR) is 93.5 cm³/mol. The van der Waals surface area contributed by atoms with Crippen LogP contribution >= 0.6 is 11.6 Å². The molecule has 1 amide bonds. The maximum Gasteiger partial charge on any atom is 0.243 e. The first kappa shape index (κ1) is 17.7. The van der Waals surface area contributed by atoms with E-state index in [4.69, 9.17) is 11.6 Å². The summed E-state index contributed by atoms with van der Waals surface area (Å²) in [5.74, 6) is 0.350. The summed E-state index contributed by atoms with van der Waals surface area (Å²) in [7, 11) is -3.57. The summed E-state index contributed by atoms with van der Waals surface area (Å²) in [6.07, 6.45) is 3.73. The first-order valence-corrected chi connectivity index (χ1v) is 10.3. The summed E-state index contributed by atoms with van der Waals surface area (Å²) in [6.45, 7) is 3.72. The van der Waals surface area contributed by atoms with E-state index >= 15 is 0 Å². The minimum Gasteiger partial charge on any atom is -0.341 e. The number of carbonyl (C=O) groups excluding carboxylic acids is 1. The van der Waals surface area contributed by atoms with Crippen molar-refractivity contribution in [1.29, 1.82) is 0 Å². The van der Waals surface area contributed by atoms with Crippen LogP contribution in [-0.2, 0) is 14.8 Å². The topological polar surface area (TPSA) is 57.7 Å². The fraction of sp³-hybridized carbons (Fsp3) is 0.588. The number of amides is 1. The highest BCUT2D eigenvalue weighted by Gasteiger charge is 2.32. The molecule has 0 bridgehead atoms. The molecule has 0 aromatic heterocycles. The maximum absolute atomic E-state index is 12.8. The van der Waals surface area contributed by atoms with E-state index in [0.717, 1.165) is 24.8 Å². The second kappa shape index (κ2) is 7.02. The Morgan fingerprint density at radius 1 is 1.12 bits per heavy atom. The van der Waals surface area contributed by atoms with Gasteiger partial charge in [-0.1, -0.05) is 24.1 Å². The van der Waals surface area contributed by atoms with Crippen molar-refractivity contribution in [2.75, 3.05) is 26.2 Å². The highest BCUT2D eigenvalue weighted by Crippen LogP contribution is 2.29. The summed E-state index contributed by atoms with van der Waals surface area (Å²) >= 11 is 6.08. The maximum atomic E-state index is 12.8. The number of hydrogen-bond acceptors (Lipinski definition) is 3. The van der Waals surface area contributed by atoms with Crippen molar-refractivity contribution in [1.82, 2.24) is 9.21 Å². The average Bonchev–Trinajstić information content (AvgIpc) is 2.74. The first-order chi connectivity index (χ1) is 11.4. The molecule has 0 spiro atoms. The molecule has 5 nitrogen and oxygen atoms in total. The molecule has 7 heteroatoms. The Hall–Kier alpha value is -1.11. The second-order valence-electron chi connectivity index (χ2n) is 6.62. The van der Waals surface area contributed by atoms with Gasteiger partial charge in [-0.2, -0.15) is 4.31 Å². The molecule has 1 heterocycles. The van der Waals surface area contributed by atoms with Crippen LogP contribution in [0.1, 0.15) is 31.2 Å². The molecule has 0 N–H and O–H groups in total. The SMILES string of the molecule is Cc1ccc(S(=O)(=O)N2CCCN(C(=O)C3CCC3)CC2)cc1Cl. The Bertz CT molecular complexity index is 731. The number of benzene rings is 1.